The van der Waals surface area contributed by atoms with Crippen LogP contribution in [-0.4, -0.2) is 71.6 Å². The first-order valence-electron chi connectivity index (χ1n) is 23.9. The van der Waals surface area contributed by atoms with E-state index >= 15 is 0 Å². The largest absolute Gasteiger partial charge is 0.472 e. The highest BCUT2D eigenvalue weighted by molar-refractivity contribution is 7.47. The Morgan fingerprint density at radius 1 is 0.407 bits per heavy atom. The molecule has 0 aliphatic heterocycles. The first kappa shape index (κ1) is 59.1. The van der Waals surface area contributed by atoms with Gasteiger partial charge in [0, 0.05) is 13.2 Å². The van der Waals surface area contributed by atoms with Gasteiger partial charge in [-0.15, -0.1) is 0 Å². The van der Waals surface area contributed by atoms with Gasteiger partial charge in [0.15, 0.2) is 0 Å². The van der Waals surface area contributed by atoms with E-state index < -0.39 is 41.1 Å². The van der Waals surface area contributed by atoms with Crippen molar-refractivity contribution < 1.29 is 52.0 Å². The summed E-state index contributed by atoms with van der Waals surface area (Å²) in [7, 11) is -9.41. The Kier molecular flexibility index (Phi) is 35.5. The molecule has 0 heterocycles. The van der Waals surface area contributed by atoms with Gasteiger partial charge in [0.1, 0.15) is 12.2 Å². The molecule has 4 N–H and O–H groups in total. The van der Waals surface area contributed by atoms with Crippen molar-refractivity contribution in [1.29, 1.82) is 0 Å². The maximum Gasteiger partial charge on any atom is 0.472 e. The lowest BCUT2D eigenvalue weighted by Crippen LogP contribution is -2.27. The Labute approximate surface area is 363 Å². The van der Waals surface area contributed by atoms with Gasteiger partial charge >= 0.3 is 15.6 Å². The molecule has 9 atom stereocenters. The predicted octanol–water partition coefficient (Wildman–Crippen LogP) is 12.9. The van der Waals surface area contributed by atoms with Crippen LogP contribution >= 0.6 is 15.6 Å². The molecule has 0 saturated carbocycles. The summed E-state index contributed by atoms with van der Waals surface area (Å²) in [6.45, 7) is 22.8. The number of aliphatic hydroxyl groups is 1. The van der Waals surface area contributed by atoms with E-state index in [0.717, 1.165) is 61.2 Å². The first-order valence-corrected chi connectivity index (χ1v) is 26.9. The van der Waals surface area contributed by atoms with Crippen LogP contribution in [0.5, 0.6) is 0 Å². The van der Waals surface area contributed by atoms with Crippen LogP contribution in [0.3, 0.4) is 0 Å². The van der Waals surface area contributed by atoms with E-state index in [1.165, 1.54) is 103 Å². The van der Waals surface area contributed by atoms with Crippen molar-refractivity contribution in [2.75, 3.05) is 39.6 Å². The summed E-state index contributed by atoms with van der Waals surface area (Å²) in [5.74, 6) is 5.73. The second-order valence-corrected chi connectivity index (χ2v) is 22.3. The predicted molar refractivity (Wildman–Crippen MR) is 243 cm³/mol. The fourth-order valence-electron chi connectivity index (χ4n) is 7.58. The third kappa shape index (κ3) is 40.6. The summed E-state index contributed by atoms with van der Waals surface area (Å²) in [5, 5.41) is 9.84. The monoisotopic (exact) mass is 887 g/mol. The molecular formula is C46H96O11P2. The van der Waals surface area contributed by atoms with Crippen molar-refractivity contribution in [3.8, 4) is 0 Å². The zero-order chi connectivity index (χ0) is 44.7. The highest BCUT2D eigenvalue weighted by Crippen LogP contribution is 2.44. The minimum Gasteiger partial charge on any atom is -0.388 e. The molecule has 0 aliphatic carbocycles. The SMILES string of the molecule is CC(C)CCC[C@@H](C)CCC[C@@H](C)CCC[C@@H](C)CCO[C@H](COCC[C@@H](C)CCC[C@@H](C)CCC[C@@H](C)CCCC(C)C)COP(=O)(O)OC[C@H](O)COP(=O)(O)O. The van der Waals surface area contributed by atoms with Gasteiger partial charge in [0.05, 0.1) is 26.4 Å². The molecule has 0 aromatic rings. The zero-order valence-electron chi connectivity index (χ0n) is 39.7. The standard InChI is InChI=1S/C46H96O11P2/c1-37(2)17-11-19-39(5)21-13-23-41(7)25-15-27-43(9)29-31-53-35-46(36-57-59(51,52)56-34-45(47)33-55-58(48,49)50)54-32-30-44(10)28-16-26-42(8)24-14-22-40(6)20-12-18-38(3)4/h37-47H,11-36H2,1-10H3,(H,51,52)(H2,48,49,50)/t39-,40+,41-,42+,43-,44+,45+,46+/m0/s1. The molecule has 59 heavy (non-hydrogen) atoms. The Balaban J connectivity index is 4.69. The van der Waals surface area contributed by atoms with Crippen molar-refractivity contribution in [3.05, 3.63) is 0 Å². The summed E-state index contributed by atoms with van der Waals surface area (Å²) in [6.07, 6.45) is 22.8. The molecule has 0 spiro atoms. The van der Waals surface area contributed by atoms with E-state index in [1.54, 1.807) is 0 Å². The van der Waals surface area contributed by atoms with Gasteiger partial charge in [0.25, 0.3) is 0 Å². The molecule has 0 bridgehead atoms. The molecule has 0 saturated heterocycles. The van der Waals surface area contributed by atoms with Gasteiger partial charge in [-0.2, -0.15) is 0 Å². The topological polar surface area (TPSA) is 161 Å². The third-order valence-electron chi connectivity index (χ3n) is 11.8. The summed E-state index contributed by atoms with van der Waals surface area (Å²) >= 11 is 0. The molecule has 0 amide bonds. The van der Waals surface area contributed by atoms with E-state index in [4.69, 9.17) is 28.3 Å². The Bertz CT molecular complexity index is 1060. The summed E-state index contributed by atoms with van der Waals surface area (Å²) in [4.78, 5) is 27.8. The van der Waals surface area contributed by atoms with E-state index in [9.17, 15) is 19.1 Å². The fourth-order valence-corrected chi connectivity index (χ4v) is 8.74. The van der Waals surface area contributed by atoms with Crippen molar-refractivity contribution >= 4 is 15.6 Å². The van der Waals surface area contributed by atoms with Crippen molar-refractivity contribution in [1.82, 2.24) is 0 Å². The average molecular weight is 887 g/mol. The summed E-state index contributed by atoms with van der Waals surface area (Å²) in [6, 6.07) is 0. The van der Waals surface area contributed by atoms with Gasteiger partial charge in [-0.25, -0.2) is 9.13 Å². The van der Waals surface area contributed by atoms with Gasteiger partial charge in [-0.05, 0) is 60.2 Å². The molecular weight excluding hydrogens is 790 g/mol. The lowest BCUT2D eigenvalue weighted by atomic mass is 9.91. The molecule has 356 valence electrons. The first-order chi connectivity index (χ1) is 27.7. The number of hydrogen-bond acceptors (Lipinski definition) is 8. The number of hydrogen-bond donors (Lipinski definition) is 4. The highest BCUT2D eigenvalue weighted by atomic mass is 31.2. The van der Waals surface area contributed by atoms with Crippen LogP contribution in [0, 0.1) is 47.3 Å². The van der Waals surface area contributed by atoms with Crippen LogP contribution in [0.2, 0.25) is 0 Å². The molecule has 1 unspecified atom stereocenters. The van der Waals surface area contributed by atoms with E-state index in [2.05, 4.69) is 73.8 Å². The highest BCUT2D eigenvalue weighted by Gasteiger charge is 2.27. The maximum absolute atomic E-state index is 12.6. The molecule has 0 aliphatic rings. The second-order valence-electron chi connectivity index (χ2n) is 19.6. The van der Waals surface area contributed by atoms with E-state index in [0.29, 0.717) is 25.0 Å². The lowest BCUT2D eigenvalue weighted by Gasteiger charge is -2.22. The van der Waals surface area contributed by atoms with Crippen molar-refractivity contribution in [2.24, 2.45) is 47.3 Å². The lowest BCUT2D eigenvalue weighted by molar-refractivity contribution is -0.0492. The number of aliphatic hydroxyl groups excluding tert-OH is 1. The Morgan fingerprint density at radius 3 is 1.10 bits per heavy atom. The van der Waals surface area contributed by atoms with E-state index in [1.807, 2.05) is 0 Å². The summed E-state index contributed by atoms with van der Waals surface area (Å²) in [5.41, 5.74) is 0. The number of rotatable bonds is 42. The van der Waals surface area contributed by atoms with Crippen LogP contribution in [-0.2, 0) is 32.2 Å². The normalized spacial score (nSPS) is 17.8. The molecule has 13 heteroatoms. The smallest absolute Gasteiger partial charge is 0.388 e. The number of phosphoric ester groups is 2. The number of ether oxygens (including phenoxy) is 2. The maximum atomic E-state index is 12.6. The van der Waals surface area contributed by atoms with Gasteiger partial charge in [-0.1, -0.05) is 185 Å². The molecule has 0 fully saturated rings. The molecule has 0 aromatic carbocycles. The minimum absolute atomic E-state index is 0.195. The van der Waals surface area contributed by atoms with Crippen LogP contribution < -0.4 is 0 Å². The van der Waals surface area contributed by atoms with Gasteiger partial charge < -0.3 is 29.3 Å². The van der Waals surface area contributed by atoms with Crippen molar-refractivity contribution in [3.63, 3.8) is 0 Å². The zero-order valence-corrected chi connectivity index (χ0v) is 41.5. The minimum atomic E-state index is -4.80. The van der Waals surface area contributed by atoms with Gasteiger partial charge in [-0.3, -0.25) is 13.6 Å². The number of phosphoric acid groups is 2. The van der Waals surface area contributed by atoms with Crippen molar-refractivity contribution in [2.45, 2.75) is 210 Å². The molecule has 0 aromatic heterocycles. The summed E-state index contributed by atoms with van der Waals surface area (Å²) < 4.78 is 49.9. The van der Waals surface area contributed by atoms with Gasteiger partial charge in [0.2, 0.25) is 0 Å². The quantitative estimate of drug-likeness (QED) is 0.0341. The fraction of sp³-hybridized carbons (Fsp3) is 1.00. The average Bonchev–Trinajstić information content (AvgIpc) is 3.13. The Hall–Kier alpha value is 0.1000. The van der Waals surface area contributed by atoms with E-state index in [-0.39, 0.29) is 13.2 Å². The second kappa shape index (κ2) is 35.4. The van der Waals surface area contributed by atoms with Crippen LogP contribution in [0.1, 0.15) is 198 Å². The Morgan fingerprint density at radius 2 is 0.729 bits per heavy atom. The molecule has 0 rings (SSSR count). The molecule has 0 radical (unpaired) electrons. The van der Waals surface area contributed by atoms with Crippen LogP contribution in [0.25, 0.3) is 0 Å². The van der Waals surface area contributed by atoms with Crippen LogP contribution in [0.4, 0.5) is 0 Å². The molecule has 11 nitrogen and oxygen atoms in total. The van der Waals surface area contributed by atoms with Crippen LogP contribution in [0.15, 0.2) is 0 Å². The third-order valence-corrected chi connectivity index (χ3v) is 13.3.